The lowest BCUT2D eigenvalue weighted by Crippen LogP contribution is -2.29. The van der Waals surface area contributed by atoms with Gasteiger partial charge in [0, 0.05) is 31.5 Å². The fourth-order valence-corrected chi connectivity index (χ4v) is 4.49. The summed E-state index contributed by atoms with van der Waals surface area (Å²) in [5.41, 5.74) is -0.171. The average molecular weight is 344 g/mol. The summed E-state index contributed by atoms with van der Waals surface area (Å²) in [6.07, 6.45) is 3.46. The molecule has 0 aliphatic heterocycles. The molecule has 0 unspecified atom stereocenters. The number of aryl methyl sites for hydroxylation is 1. The Morgan fingerprint density at radius 1 is 1.55 bits per heavy atom. The molecule has 0 saturated heterocycles. The monoisotopic (exact) mass is 344 g/mol. The maximum atomic E-state index is 12.2. The third kappa shape index (κ3) is 3.90. The number of nitro groups is 1. The number of hydrogen-bond acceptors (Lipinski definition) is 6. The molecule has 8 nitrogen and oxygen atoms in total. The topological polar surface area (TPSA) is 107 Å². The van der Waals surface area contributed by atoms with Gasteiger partial charge in [0.15, 0.2) is 0 Å². The summed E-state index contributed by atoms with van der Waals surface area (Å²) in [5.74, 6) is 0.0331. The van der Waals surface area contributed by atoms with Crippen molar-refractivity contribution in [1.82, 2.24) is 14.5 Å². The fraction of sp³-hybridized carbons (Fsp3) is 0.417. The largest absolute Gasteiger partial charge is 0.284 e. The summed E-state index contributed by atoms with van der Waals surface area (Å²) < 4.78 is 28.5. The first-order valence-corrected chi connectivity index (χ1v) is 8.81. The predicted octanol–water partition coefficient (Wildman–Crippen LogP) is 1.78. The van der Waals surface area contributed by atoms with Gasteiger partial charge in [-0.2, -0.15) is 5.10 Å². The Morgan fingerprint density at radius 3 is 2.82 bits per heavy atom. The van der Waals surface area contributed by atoms with E-state index < -0.39 is 14.9 Å². The number of rotatable bonds is 7. The minimum atomic E-state index is -3.74. The van der Waals surface area contributed by atoms with Crippen LogP contribution in [-0.2, 0) is 16.6 Å². The van der Waals surface area contributed by atoms with Crippen LogP contribution in [0.5, 0.6) is 0 Å². The number of aromatic nitrogens is 2. The molecule has 0 aliphatic carbocycles. The van der Waals surface area contributed by atoms with E-state index in [1.165, 1.54) is 6.92 Å². The number of nitrogens with one attached hydrogen (secondary N) is 1. The summed E-state index contributed by atoms with van der Waals surface area (Å²) in [7, 11) is -3.74. The van der Waals surface area contributed by atoms with E-state index in [2.05, 4.69) is 9.82 Å². The highest BCUT2D eigenvalue weighted by Crippen LogP contribution is 2.31. The number of thiophene rings is 1. The molecule has 0 saturated carbocycles. The Hall–Kier alpha value is -1.78. The van der Waals surface area contributed by atoms with E-state index in [-0.39, 0.29) is 22.4 Å². The van der Waals surface area contributed by atoms with Crippen LogP contribution in [0.2, 0.25) is 0 Å². The van der Waals surface area contributed by atoms with Crippen molar-refractivity contribution < 1.29 is 13.3 Å². The van der Waals surface area contributed by atoms with E-state index in [0.717, 1.165) is 17.4 Å². The first-order valence-electron chi connectivity index (χ1n) is 6.51. The van der Waals surface area contributed by atoms with Gasteiger partial charge in [-0.25, -0.2) is 13.1 Å². The van der Waals surface area contributed by atoms with Gasteiger partial charge in [0.05, 0.1) is 9.80 Å². The minimum Gasteiger partial charge on any atom is -0.272 e. The zero-order valence-corrected chi connectivity index (χ0v) is 13.7. The van der Waals surface area contributed by atoms with Crippen LogP contribution in [0.25, 0.3) is 0 Å². The van der Waals surface area contributed by atoms with E-state index in [1.807, 2.05) is 6.92 Å². The maximum absolute atomic E-state index is 12.2. The Kier molecular flexibility index (Phi) is 4.94. The Morgan fingerprint density at radius 2 is 2.27 bits per heavy atom. The summed E-state index contributed by atoms with van der Waals surface area (Å²) in [6, 6.07) is 2.89. The third-order valence-corrected chi connectivity index (χ3v) is 5.95. The molecular formula is C12H16N4O4S2. The quantitative estimate of drug-likeness (QED) is 0.608. The standard InChI is InChI=1S/C12H16N4O4S2/c1-9(8-15-5-3-4-13-15)7-14-22(19,20)12-6-11(16(17)18)10(2)21-12/h3-6,9,14H,7-8H2,1-2H3/t9-/m0/s1. The van der Waals surface area contributed by atoms with E-state index in [4.69, 9.17) is 0 Å². The molecule has 10 heteroatoms. The molecule has 0 aliphatic rings. The van der Waals surface area contributed by atoms with Gasteiger partial charge in [-0.3, -0.25) is 14.8 Å². The van der Waals surface area contributed by atoms with E-state index in [9.17, 15) is 18.5 Å². The van der Waals surface area contributed by atoms with Crippen LogP contribution >= 0.6 is 11.3 Å². The normalized spacial score (nSPS) is 13.2. The van der Waals surface area contributed by atoms with Crippen molar-refractivity contribution in [3.8, 4) is 0 Å². The lowest BCUT2D eigenvalue weighted by molar-refractivity contribution is -0.385. The van der Waals surface area contributed by atoms with Crippen molar-refractivity contribution in [1.29, 1.82) is 0 Å². The van der Waals surface area contributed by atoms with Crippen LogP contribution in [0.15, 0.2) is 28.7 Å². The van der Waals surface area contributed by atoms with Crippen molar-refractivity contribution in [3.63, 3.8) is 0 Å². The first-order chi connectivity index (χ1) is 10.3. The van der Waals surface area contributed by atoms with Gasteiger partial charge in [-0.15, -0.1) is 11.3 Å². The first kappa shape index (κ1) is 16.6. The van der Waals surface area contributed by atoms with Crippen LogP contribution < -0.4 is 4.72 Å². The average Bonchev–Trinajstić information content (AvgIpc) is 3.06. The lowest BCUT2D eigenvalue weighted by Gasteiger charge is -2.12. The summed E-state index contributed by atoms with van der Waals surface area (Å²) in [5, 5.41) is 14.9. The van der Waals surface area contributed by atoms with Gasteiger partial charge >= 0.3 is 0 Å². The van der Waals surface area contributed by atoms with Gasteiger partial charge in [-0.1, -0.05) is 6.92 Å². The van der Waals surface area contributed by atoms with Crippen LogP contribution in [-0.4, -0.2) is 29.7 Å². The van der Waals surface area contributed by atoms with Crippen molar-refractivity contribution in [2.75, 3.05) is 6.54 Å². The molecule has 0 fully saturated rings. The molecule has 0 aromatic carbocycles. The highest BCUT2D eigenvalue weighted by Gasteiger charge is 2.24. The van der Waals surface area contributed by atoms with Gasteiger partial charge in [0.1, 0.15) is 4.21 Å². The molecular weight excluding hydrogens is 328 g/mol. The van der Waals surface area contributed by atoms with Crippen molar-refractivity contribution in [3.05, 3.63) is 39.5 Å². The number of nitrogens with zero attached hydrogens (tertiary/aromatic N) is 3. The van der Waals surface area contributed by atoms with Gasteiger partial charge < -0.3 is 0 Å². The molecule has 0 spiro atoms. The predicted molar refractivity (Wildman–Crippen MR) is 82.3 cm³/mol. The third-order valence-electron chi connectivity index (χ3n) is 3.01. The summed E-state index contributed by atoms with van der Waals surface area (Å²) in [4.78, 5) is 10.6. The highest BCUT2D eigenvalue weighted by molar-refractivity contribution is 7.91. The zero-order valence-electron chi connectivity index (χ0n) is 12.1. The van der Waals surface area contributed by atoms with Crippen LogP contribution in [0, 0.1) is 23.0 Å². The highest BCUT2D eigenvalue weighted by atomic mass is 32.2. The molecule has 22 heavy (non-hydrogen) atoms. The van der Waals surface area contributed by atoms with Gasteiger partial charge in [-0.05, 0) is 18.9 Å². The lowest BCUT2D eigenvalue weighted by atomic mass is 10.2. The molecule has 2 heterocycles. The van der Waals surface area contributed by atoms with Crippen LogP contribution in [0.1, 0.15) is 11.8 Å². The van der Waals surface area contributed by atoms with Crippen molar-refractivity contribution >= 4 is 27.0 Å². The molecule has 0 amide bonds. The second-order valence-corrected chi connectivity index (χ2v) is 8.20. The Balaban J connectivity index is 2.02. The molecule has 0 bridgehead atoms. The SMILES string of the molecule is Cc1sc(S(=O)(=O)NC[C@H](C)Cn2cccn2)cc1[N+](=O)[O-]. The van der Waals surface area contributed by atoms with E-state index in [0.29, 0.717) is 11.4 Å². The number of hydrogen-bond donors (Lipinski definition) is 1. The molecule has 1 N–H and O–H groups in total. The number of sulfonamides is 1. The van der Waals surface area contributed by atoms with Gasteiger partial charge in [0.2, 0.25) is 10.0 Å². The smallest absolute Gasteiger partial charge is 0.272 e. The van der Waals surface area contributed by atoms with E-state index in [1.54, 1.807) is 23.1 Å². The summed E-state index contributed by atoms with van der Waals surface area (Å²) >= 11 is 0.897. The second-order valence-electron chi connectivity index (χ2n) is 4.95. The molecule has 2 aromatic heterocycles. The molecule has 2 rings (SSSR count). The second kappa shape index (κ2) is 6.55. The minimum absolute atomic E-state index is 0.0331. The molecule has 0 radical (unpaired) electrons. The van der Waals surface area contributed by atoms with E-state index >= 15 is 0 Å². The van der Waals surface area contributed by atoms with Crippen LogP contribution in [0.4, 0.5) is 5.69 Å². The molecule has 2 aromatic rings. The molecule has 120 valence electrons. The maximum Gasteiger partial charge on any atom is 0.284 e. The Bertz CT molecular complexity index is 752. The van der Waals surface area contributed by atoms with Gasteiger partial charge in [0.25, 0.3) is 5.69 Å². The van der Waals surface area contributed by atoms with Crippen molar-refractivity contribution in [2.45, 2.75) is 24.6 Å². The zero-order chi connectivity index (χ0) is 16.3. The Labute approximate surface area is 132 Å². The fourth-order valence-electron chi connectivity index (χ4n) is 1.88. The van der Waals surface area contributed by atoms with Crippen LogP contribution in [0.3, 0.4) is 0 Å². The summed E-state index contributed by atoms with van der Waals surface area (Å²) in [6.45, 7) is 4.24. The molecule has 1 atom stereocenters. The van der Waals surface area contributed by atoms with Crippen molar-refractivity contribution in [2.24, 2.45) is 5.92 Å².